The van der Waals surface area contributed by atoms with E-state index in [0.717, 1.165) is 12.0 Å². The molecule has 0 amide bonds. The predicted octanol–water partition coefficient (Wildman–Crippen LogP) is 3.69. The Balaban J connectivity index is 2.52. The van der Waals surface area contributed by atoms with Gasteiger partial charge in [0.25, 0.3) is 0 Å². The lowest BCUT2D eigenvalue weighted by atomic mass is 9.61. The Kier molecular flexibility index (Phi) is 8.41. The summed E-state index contributed by atoms with van der Waals surface area (Å²) in [4.78, 5) is 39.1. The number of Topliss-reactive ketones (excluding diaryl/α,β-unsaturated/α-hetero) is 1. The topological polar surface area (TPSA) is 89.9 Å². The van der Waals surface area contributed by atoms with Crippen LogP contribution in [-0.4, -0.2) is 41.6 Å². The summed E-state index contributed by atoms with van der Waals surface area (Å²) in [5.41, 5.74) is 0.104. The van der Waals surface area contributed by atoms with Crippen LogP contribution in [0.25, 0.3) is 0 Å². The maximum absolute atomic E-state index is 13.1. The molecule has 0 aromatic heterocycles. The van der Waals surface area contributed by atoms with Gasteiger partial charge in [-0.2, -0.15) is 0 Å². The zero-order valence-electron chi connectivity index (χ0n) is 19.5. The van der Waals surface area contributed by atoms with Crippen LogP contribution in [0.5, 0.6) is 0 Å². The fourth-order valence-corrected chi connectivity index (χ4v) is 4.07. The van der Waals surface area contributed by atoms with Gasteiger partial charge in [-0.15, -0.1) is 0 Å². The first kappa shape index (κ1) is 25.1. The molecule has 0 heterocycles. The van der Waals surface area contributed by atoms with Gasteiger partial charge >= 0.3 is 11.9 Å². The van der Waals surface area contributed by atoms with E-state index in [2.05, 4.69) is 0 Å². The van der Waals surface area contributed by atoms with Crippen molar-refractivity contribution in [1.82, 2.24) is 0 Å². The molecule has 0 spiro atoms. The molecule has 0 aliphatic heterocycles. The lowest BCUT2D eigenvalue weighted by Gasteiger charge is -2.43. The van der Waals surface area contributed by atoms with E-state index < -0.39 is 41.1 Å². The van der Waals surface area contributed by atoms with Gasteiger partial charge in [-0.25, -0.2) is 0 Å². The molecule has 1 aliphatic rings. The van der Waals surface area contributed by atoms with E-state index in [1.165, 1.54) is 6.92 Å². The monoisotopic (exact) mass is 432 g/mol. The molecule has 6 nitrogen and oxygen atoms in total. The molecule has 1 aliphatic carbocycles. The van der Waals surface area contributed by atoms with Gasteiger partial charge in [0.05, 0.1) is 24.7 Å². The van der Waals surface area contributed by atoms with Crippen LogP contribution in [0, 0.1) is 23.7 Å². The first-order chi connectivity index (χ1) is 14.5. The van der Waals surface area contributed by atoms with E-state index in [4.69, 9.17) is 9.47 Å². The van der Waals surface area contributed by atoms with E-state index in [9.17, 15) is 19.5 Å². The lowest BCUT2D eigenvalue weighted by Crippen LogP contribution is -2.55. The third kappa shape index (κ3) is 6.16. The van der Waals surface area contributed by atoms with Crippen LogP contribution in [0.3, 0.4) is 0 Å². The first-order valence-electron chi connectivity index (χ1n) is 11.1. The van der Waals surface area contributed by atoms with Crippen molar-refractivity contribution in [2.24, 2.45) is 23.7 Å². The first-order valence-corrected chi connectivity index (χ1v) is 11.1. The molecule has 172 valence electrons. The summed E-state index contributed by atoms with van der Waals surface area (Å²) >= 11 is 0. The van der Waals surface area contributed by atoms with E-state index in [1.807, 2.05) is 58.9 Å². The largest absolute Gasteiger partial charge is 0.465 e. The van der Waals surface area contributed by atoms with Crippen LogP contribution in [0.15, 0.2) is 24.3 Å². The molecular weight excluding hydrogens is 396 g/mol. The van der Waals surface area contributed by atoms with Crippen LogP contribution in [0.1, 0.15) is 65.0 Å². The van der Waals surface area contributed by atoms with Crippen molar-refractivity contribution in [2.75, 3.05) is 13.2 Å². The van der Waals surface area contributed by atoms with Crippen LogP contribution >= 0.6 is 0 Å². The zero-order valence-corrected chi connectivity index (χ0v) is 19.5. The Morgan fingerprint density at radius 2 is 1.55 bits per heavy atom. The number of rotatable bonds is 8. The number of ether oxygens (including phenoxy) is 2. The molecule has 1 saturated carbocycles. The molecule has 2 rings (SSSR count). The standard InChI is InChI=1S/C25H36O6/c1-7-17-8-10-18(11-9-17)20-21(23(27)30-13-15(2)3)19(26)12-25(6,29)22(20)24(28)31-14-16(4)5/h8-11,15-16,20-22,29H,7,12-14H2,1-6H3/t20-,21+,22-,25+/m0/s1. The average Bonchev–Trinajstić information content (AvgIpc) is 2.69. The molecule has 0 saturated heterocycles. The molecule has 1 aromatic carbocycles. The van der Waals surface area contributed by atoms with E-state index in [0.29, 0.717) is 5.56 Å². The summed E-state index contributed by atoms with van der Waals surface area (Å²) < 4.78 is 10.9. The van der Waals surface area contributed by atoms with Crippen molar-refractivity contribution in [1.29, 1.82) is 0 Å². The Bertz CT molecular complexity index is 778. The second-order valence-electron chi connectivity index (χ2n) is 9.62. The Hall–Kier alpha value is -2.21. The van der Waals surface area contributed by atoms with Crippen molar-refractivity contribution >= 4 is 17.7 Å². The van der Waals surface area contributed by atoms with Gasteiger partial charge in [-0.3, -0.25) is 14.4 Å². The van der Waals surface area contributed by atoms with Gasteiger partial charge in [0.15, 0.2) is 5.78 Å². The Labute approximate surface area is 185 Å². The maximum Gasteiger partial charge on any atom is 0.317 e. The highest BCUT2D eigenvalue weighted by atomic mass is 16.5. The fraction of sp³-hybridized carbons (Fsp3) is 0.640. The van der Waals surface area contributed by atoms with Crippen molar-refractivity contribution in [3.8, 4) is 0 Å². The summed E-state index contributed by atoms with van der Waals surface area (Å²) in [6.45, 7) is 11.5. The number of esters is 2. The summed E-state index contributed by atoms with van der Waals surface area (Å²) in [7, 11) is 0. The molecule has 0 unspecified atom stereocenters. The fourth-order valence-electron chi connectivity index (χ4n) is 4.07. The highest BCUT2D eigenvalue weighted by molar-refractivity contribution is 6.02. The van der Waals surface area contributed by atoms with Crippen LogP contribution in [0.4, 0.5) is 0 Å². The smallest absolute Gasteiger partial charge is 0.317 e. The predicted molar refractivity (Wildman–Crippen MR) is 117 cm³/mol. The number of benzene rings is 1. The molecule has 0 radical (unpaired) electrons. The highest BCUT2D eigenvalue weighted by Gasteiger charge is 2.57. The molecule has 1 fully saturated rings. The summed E-state index contributed by atoms with van der Waals surface area (Å²) in [6.07, 6.45) is 0.529. The number of hydrogen-bond donors (Lipinski definition) is 1. The minimum atomic E-state index is -1.63. The third-order valence-electron chi connectivity index (χ3n) is 5.67. The van der Waals surface area contributed by atoms with Gasteiger partial charge in [0, 0.05) is 12.3 Å². The number of aliphatic hydroxyl groups is 1. The van der Waals surface area contributed by atoms with Gasteiger partial charge in [0.2, 0.25) is 0 Å². The van der Waals surface area contributed by atoms with Crippen molar-refractivity contribution < 1.29 is 29.0 Å². The highest BCUT2D eigenvalue weighted by Crippen LogP contribution is 2.46. The summed E-state index contributed by atoms with van der Waals surface area (Å²) in [5.74, 6) is -4.53. The number of aryl methyl sites for hydroxylation is 1. The van der Waals surface area contributed by atoms with Crippen LogP contribution in [-0.2, 0) is 30.3 Å². The van der Waals surface area contributed by atoms with Gasteiger partial charge < -0.3 is 14.6 Å². The average molecular weight is 433 g/mol. The number of carbonyl (C=O) groups excluding carboxylic acids is 3. The third-order valence-corrected chi connectivity index (χ3v) is 5.67. The van der Waals surface area contributed by atoms with Crippen molar-refractivity contribution in [3.63, 3.8) is 0 Å². The number of carbonyl (C=O) groups is 3. The minimum absolute atomic E-state index is 0.111. The molecule has 31 heavy (non-hydrogen) atoms. The summed E-state index contributed by atoms with van der Waals surface area (Å²) in [6, 6.07) is 7.47. The van der Waals surface area contributed by atoms with Crippen molar-refractivity contribution in [2.45, 2.75) is 65.9 Å². The quantitative estimate of drug-likeness (QED) is 0.498. The van der Waals surface area contributed by atoms with E-state index >= 15 is 0 Å². The van der Waals surface area contributed by atoms with Gasteiger partial charge in [-0.1, -0.05) is 58.9 Å². The Morgan fingerprint density at radius 3 is 2.03 bits per heavy atom. The zero-order chi connectivity index (χ0) is 23.3. The van der Waals surface area contributed by atoms with Crippen molar-refractivity contribution in [3.05, 3.63) is 35.4 Å². The molecule has 4 atom stereocenters. The number of ketones is 1. The maximum atomic E-state index is 13.1. The van der Waals surface area contributed by atoms with Gasteiger partial charge in [0.1, 0.15) is 5.92 Å². The van der Waals surface area contributed by atoms with E-state index in [1.54, 1.807) is 0 Å². The Morgan fingerprint density at radius 1 is 1.03 bits per heavy atom. The lowest BCUT2D eigenvalue weighted by molar-refractivity contribution is -0.173. The minimum Gasteiger partial charge on any atom is -0.465 e. The van der Waals surface area contributed by atoms with Crippen LogP contribution < -0.4 is 0 Å². The molecule has 6 heteroatoms. The van der Waals surface area contributed by atoms with E-state index in [-0.39, 0.29) is 31.5 Å². The SMILES string of the molecule is CCc1ccc([C@H]2[C@H](C(=O)OCC(C)C)C(=O)C[C@@](C)(O)[C@@H]2C(=O)OCC(C)C)cc1. The molecule has 1 aromatic rings. The normalized spacial score (nSPS) is 26.2. The molecular formula is C25H36O6. The van der Waals surface area contributed by atoms with Crippen LogP contribution in [0.2, 0.25) is 0 Å². The number of hydrogen-bond acceptors (Lipinski definition) is 6. The molecule has 1 N–H and O–H groups in total. The molecule has 0 bridgehead atoms. The second-order valence-corrected chi connectivity index (χ2v) is 9.62. The second kappa shape index (κ2) is 10.4. The van der Waals surface area contributed by atoms with Gasteiger partial charge in [-0.05, 0) is 36.3 Å². The summed E-state index contributed by atoms with van der Waals surface area (Å²) in [5, 5.41) is 11.1.